The average Bonchev–Trinajstić information content (AvgIpc) is 2.99. The van der Waals surface area contributed by atoms with E-state index in [9.17, 15) is 4.79 Å². The molecule has 2 aromatic heterocycles. The number of hydrogen-bond donors (Lipinski definition) is 1. The summed E-state index contributed by atoms with van der Waals surface area (Å²) < 4.78 is 4.69. The van der Waals surface area contributed by atoms with Crippen LogP contribution in [0.5, 0.6) is 0 Å². The van der Waals surface area contributed by atoms with Crippen LogP contribution in [0.15, 0.2) is 36.7 Å². The van der Waals surface area contributed by atoms with Crippen molar-refractivity contribution in [1.82, 2.24) is 9.97 Å². The van der Waals surface area contributed by atoms with Crippen molar-refractivity contribution >= 4 is 51.4 Å². The summed E-state index contributed by atoms with van der Waals surface area (Å²) in [5.41, 5.74) is 1.38. The number of halogens is 1. The first-order valence-corrected chi connectivity index (χ1v) is 7.71. The molecule has 0 unspecified atom stereocenters. The number of methoxy groups -OCH3 is 1. The zero-order valence-electron chi connectivity index (χ0n) is 12.7. The standard InChI is InChI=1S/C16H15N3O2S.ClH/c1-3-12-8-13-14(17-9-18-15(13)22-12)19-11-6-4-10(5-7-11)16(20)21-2;/h4-9H,3H2,1-2H3,(H,17,18,19);1H. The molecule has 0 fully saturated rings. The fourth-order valence-electron chi connectivity index (χ4n) is 2.12. The predicted molar refractivity (Wildman–Crippen MR) is 95.1 cm³/mol. The van der Waals surface area contributed by atoms with Crippen molar-refractivity contribution < 1.29 is 9.53 Å². The van der Waals surface area contributed by atoms with Crippen molar-refractivity contribution in [3.05, 3.63) is 47.1 Å². The Bertz CT molecular complexity index is 818. The Morgan fingerprint density at radius 3 is 2.65 bits per heavy atom. The van der Waals surface area contributed by atoms with E-state index in [2.05, 4.69) is 33.0 Å². The number of ether oxygens (including phenoxy) is 1. The molecule has 2 heterocycles. The molecule has 0 radical (unpaired) electrons. The van der Waals surface area contributed by atoms with Gasteiger partial charge in [-0.05, 0) is 36.8 Å². The van der Waals surface area contributed by atoms with Gasteiger partial charge >= 0.3 is 5.97 Å². The molecule has 0 bridgehead atoms. The number of thiophene rings is 1. The van der Waals surface area contributed by atoms with E-state index in [1.165, 1.54) is 12.0 Å². The van der Waals surface area contributed by atoms with Gasteiger partial charge in [-0.15, -0.1) is 23.7 Å². The molecule has 5 nitrogen and oxygen atoms in total. The molecule has 23 heavy (non-hydrogen) atoms. The normalized spacial score (nSPS) is 10.2. The molecule has 0 aliphatic heterocycles. The number of aryl methyl sites for hydroxylation is 1. The molecule has 0 atom stereocenters. The minimum absolute atomic E-state index is 0. The van der Waals surface area contributed by atoms with Crippen LogP contribution in [0.1, 0.15) is 22.2 Å². The first-order chi connectivity index (χ1) is 10.7. The summed E-state index contributed by atoms with van der Waals surface area (Å²) in [6, 6.07) is 9.21. The van der Waals surface area contributed by atoms with E-state index < -0.39 is 0 Å². The van der Waals surface area contributed by atoms with Gasteiger partial charge in [0.2, 0.25) is 0 Å². The quantitative estimate of drug-likeness (QED) is 0.715. The second-order valence-electron chi connectivity index (χ2n) is 4.70. The highest BCUT2D eigenvalue weighted by atomic mass is 35.5. The summed E-state index contributed by atoms with van der Waals surface area (Å²) >= 11 is 1.68. The highest BCUT2D eigenvalue weighted by molar-refractivity contribution is 7.18. The lowest BCUT2D eigenvalue weighted by Gasteiger charge is -2.07. The predicted octanol–water partition coefficient (Wildman–Crippen LogP) is 4.21. The van der Waals surface area contributed by atoms with Gasteiger partial charge in [-0.2, -0.15) is 0 Å². The van der Waals surface area contributed by atoms with Crippen LogP contribution in [0, 0.1) is 0 Å². The number of carbonyl (C=O) groups excluding carboxylic acids is 1. The fourth-order valence-corrected chi connectivity index (χ4v) is 3.06. The number of carbonyl (C=O) groups is 1. The minimum atomic E-state index is -0.346. The monoisotopic (exact) mass is 349 g/mol. The molecule has 1 aromatic carbocycles. The number of fused-ring (bicyclic) bond motifs is 1. The van der Waals surface area contributed by atoms with E-state index in [-0.39, 0.29) is 18.4 Å². The number of nitrogens with zero attached hydrogens (tertiary/aromatic N) is 2. The van der Waals surface area contributed by atoms with Crippen molar-refractivity contribution in [1.29, 1.82) is 0 Å². The van der Waals surface area contributed by atoms with E-state index in [1.54, 1.807) is 29.8 Å². The highest BCUT2D eigenvalue weighted by Crippen LogP contribution is 2.30. The van der Waals surface area contributed by atoms with Gasteiger partial charge in [-0.25, -0.2) is 14.8 Å². The largest absolute Gasteiger partial charge is 0.465 e. The Morgan fingerprint density at radius 2 is 2.00 bits per heavy atom. The number of benzene rings is 1. The molecule has 0 saturated carbocycles. The van der Waals surface area contributed by atoms with Gasteiger partial charge in [0.25, 0.3) is 0 Å². The maximum absolute atomic E-state index is 11.4. The molecule has 120 valence electrons. The third-order valence-corrected chi connectivity index (χ3v) is 4.49. The molecule has 7 heteroatoms. The van der Waals surface area contributed by atoms with Crippen molar-refractivity contribution in [3.8, 4) is 0 Å². The van der Waals surface area contributed by atoms with Crippen LogP contribution in [0.4, 0.5) is 11.5 Å². The summed E-state index contributed by atoms with van der Waals surface area (Å²) in [5.74, 6) is 0.424. The Hall–Kier alpha value is -2.18. The summed E-state index contributed by atoms with van der Waals surface area (Å²) in [6.07, 6.45) is 2.54. The Labute approximate surface area is 144 Å². The number of aromatic nitrogens is 2. The third kappa shape index (κ3) is 3.60. The van der Waals surface area contributed by atoms with Gasteiger partial charge in [0.15, 0.2) is 0 Å². The molecular weight excluding hydrogens is 334 g/mol. The van der Waals surface area contributed by atoms with E-state index >= 15 is 0 Å². The van der Waals surface area contributed by atoms with Crippen LogP contribution in [-0.4, -0.2) is 23.0 Å². The number of hydrogen-bond acceptors (Lipinski definition) is 6. The Kier molecular flexibility index (Phi) is 5.52. The fraction of sp³-hybridized carbons (Fsp3) is 0.188. The SMILES string of the molecule is CCc1cc2c(Nc3ccc(C(=O)OC)cc3)ncnc2s1.Cl. The lowest BCUT2D eigenvalue weighted by Crippen LogP contribution is -2.01. The van der Waals surface area contributed by atoms with Crippen LogP contribution < -0.4 is 5.32 Å². The van der Waals surface area contributed by atoms with Crippen molar-refractivity contribution in [3.63, 3.8) is 0 Å². The molecular formula is C16H16ClN3O2S. The van der Waals surface area contributed by atoms with Crippen molar-refractivity contribution in [2.45, 2.75) is 13.3 Å². The van der Waals surface area contributed by atoms with E-state index in [0.717, 1.165) is 28.1 Å². The van der Waals surface area contributed by atoms with Crippen LogP contribution in [0.3, 0.4) is 0 Å². The smallest absolute Gasteiger partial charge is 0.337 e. The van der Waals surface area contributed by atoms with Gasteiger partial charge in [-0.1, -0.05) is 6.92 Å². The first kappa shape index (κ1) is 17.2. The molecule has 3 aromatic rings. The highest BCUT2D eigenvalue weighted by Gasteiger charge is 2.09. The van der Waals surface area contributed by atoms with Gasteiger partial charge in [0.1, 0.15) is 17.0 Å². The molecule has 0 aliphatic rings. The summed E-state index contributed by atoms with van der Waals surface area (Å²) in [7, 11) is 1.37. The number of anilines is 2. The maximum atomic E-state index is 11.4. The van der Waals surface area contributed by atoms with Gasteiger partial charge in [0.05, 0.1) is 18.1 Å². The van der Waals surface area contributed by atoms with Crippen molar-refractivity contribution in [2.75, 3.05) is 12.4 Å². The van der Waals surface area contributed by atoms with Gasteiger partial charge in [-0.3, -0.25) is 0 Å². The maximum Gasteiger partial charge on any atom is 0.337 e. The topological polar surface area (TPSA) is 64.1 Å². The summed E-state index contributed by atoms with van der Waals surface area (Å²) in [5, 5.41) is 4.29. The molecule has 1 N–H and O–H groups in total. The third-order valence-electron chi connectivity index (χ3n) is 3.30. The molecule has 0 saturated heterocycles. The molecule has 0 spiro atoms. The lowest BCUT2D eigenvalue weighted by molar-refractivity contribution is 0.0601. The summed E-state index contributed by atoms with van der Waals surface area (Å²) in [6.45, 7) is 2.12. The number of rotatable bonds is 4. The first-order valence-electron chi connectivity index (χ1n) is 6.90. The number of esters is 1. The van der Waals surface area contributed by atoms with Crippen LogP contribution in [0.25, 0.3) is 10.2 Å². The zero-order valence-corrected chi connectivity index (χ0v) is 14.3. The average molecular weight is 350 g/mol. The van der Waals surface area contributed by atoms with Gasteiger partial charge in [0, 0.05) is 10.6 Å². The van der Waals surface area contributed by atoms with Crippen LogP contribution in [0.2, 0.25) is 0 Å². The number of nitrogens with one attached hydrogen (secondary N) is 1. The zero-order chi connectivity index (χ0) is 15.5. The Balaban J connectivity index is 0.00000192. The van der Waals surface area contributed by atoms with E-state index in [1.807, 2.05) is 12.1 Å². The van der Waals surface area contributed by atoms with Gasteiger partial charge < -0.3 is 10.1 Å². The van der Waals surface area contributed by atoms with E-state index in [0.29, 0.717) is 5.56 Å². The van der Waals surface area contributed by atoms with Crippen molar-refractivity contribution in [2.24, 2.45) is 0 Å². The lowest BCUT2D eigenvalue weighted by atomic mass is 10.2. The van der Waals surface area contributed by atoms with E-state index in [4.69, 9.17) is 0 Å². The molecule has 3 rings (SSSR count). The molecule has 0 aliphatic carbocycles. The molecule has 0 amide bonds. The van der Waals surface area contributed by atoms with Crippen LogP contribution >= 0.6 is 23.7 Å². The Morgan fingerprint density at radius 1 is 1.26 bits per heavy atom. The summed E-state index contributed by atoms with van der Waals surface area (Å²) in [4.78, 5) is 22.3. The van der Waals surface area contributed by atoms with Crippen LogP contribution in [-0.2, 0) is 11.2 Å². The minimum Gasteiger partial charge on any atom is -0.465 e. The second kappa shape index (κ2) is 7.39. The second-order valence-corrected chi connectivity index (χ2v) is 5.82.